The van der Waals surface area contributed by atoms with Crippen LogP contribution in [0.5, 0.6) is 0 Å². The van der Waals surface area contributed by atoms with Gasteiger partial charge in [0.25, 0.3) is 29.5 Å². The molecule has 6 amide bonds. The minimum absolute atomic E-state index is 0.0682. The number of nitrogens with zero attached hydrogens (tertiary/aromatic N) is 7. The fraction of sp³-hybridized carbons (Fsp3) is 0.163. The summed E-state index contributed by atoms with van der Waals surface area (Å²) < 4.78 is 0. The Kier molecular flexibility index (Phi) is 18.5. The first-order chi connectivity index (χ1) is 34.6. The third-order valence-corrected chi connectivity index (χ3v) is 10.4. The van der Waals surface area contributed by atoms with Crippen LogP contribution in [0.25, 0.3) is 22.3 Å². The number of hydrogen-bond acceptors (Lipinski definition) is 14. The maximum atomic E-state index is 14.5. The molecule has 0 fully saturated rings. The number of carbonyl (C=O) groups is 6. The number of para-hydroxylation sites is 1. The molecule has 4 aromatic carbocycles. The van der Waals surface area contributed by atoms with Crippen LogP contribution in [0, 0.1) is 0 Å². The van der Waals surface area contributed by atoms with Crippen LogP contribution in [-0.2, 0) is 35.3 Å². The van der Waals surface area contributed by atoms with E-state index in [4.69, 9.17) is 84.8 Å². The molecule has 6 atom stereocenters. The number of aliphatic hydroxyl groups is 1. The number of aliphatic hydroxyl groups excluding tert-OH is 1. The number of aromatic nitrogens is 2. The van der Waals surface area contributed by atoms with Crippen molar-refractivity contribution in [2.45, 2.75) is 43.5 Å². The fourth-order valence-electron chi connectivity index (χ4n) is 6.52. The van der Waals surface area contributed by atoms with Crippen molar-refractivity contribution in [2.75, 3.05) is 4.90 Å². The highest BCUT2D eigenvalue weighted by molar-refractivity contribution is 6.36. The summed E-state index contributed by atoms with van der Waals surface area (Å²) in [5.41, 5.74) is 50.6. The van der Waals surface area contributed by atoms with Gasteiger partial charge in [0.15, 0.2) is 29.7 Å². The molecule has 24 N–H and O–H groups in total. The lowest BCUT2D eigenvalue weighted by atomic mass is 10.1. The molecule has 5 aromatic rings. The molecule has 0 saturated carbocycles. The number of rotatable bonds is 21. The molecule has 0 radical (unpaired) electrons. The predicted octanol–water partition coefficient (Wildman–Crippen LogP) is -3.87. The van der Waals surface area contributed by atoms with Crippen molar-refractivity contribution in [3.63, 3.8) is 0 Å². The van der Waals surface area contributed by atoms with Crippen LogP contribution in [0.3, 0.4) is 0 Å². The third kappa shape index (κ3) is 15.0. The van der Waals surface area contributed by atoms with Gasteiger partial charge in [0.2, 0.25) is 36.8 Å². The van der Waals surface area contributed by atoms with E-state index in [0.29, 0.717) is 22.0 Å². The molecular formula is C43H49Cl2N21O7. The highest BCUT2D eigenvalue weighted by Gasteiger charge is 2.36. The molecule has 5 rings (SSSR count). The average molecular weight is 1040 g/mol. The minimum Gasteiger partial charge on any atom is -0.370 e. The van der Waals surface area contributed by atoms with E-state index < -0.39 is 96.2 Å². The zero-order valence-electron chi connectivity index (χ0n) is 38.0. The Hall–Kier alpha value is -9.54. The largest absolute Gasteiger partial charge is 0.370 e. The molecule has 0 aliphatic heterocycles. The Morgan fingerprint density at radius 1 is 0.521 bits per heavy atom. The number of amides is 6. The van der Waals surface area contributed by atoms with Crippen molar-refractivity contribution in [1.29, 1.82) is 0 Å². The molecular weight excluding hydrogens is 994 g/mol. The molecule has 30 heteroatoms. The number of aliphatic imine (C=N–C) groups is 4. The number of benzene rings is 4. The molecule has 6 unspecified atom stereocenters. The van der Waals surface area contributed by atoms with E-state index in [0.717, 1.165) is 0 Å². The van der Waals surface area contributed by atoms with Crippen molar-refractivity contribution < 1.29 is 33.9 Å². The predicted molar refractivity (Wildman–Crippen MR) is 271 cm³/mol. The molecule has 28 nitrogen and oxygen atoms in total. The number of nitrogens with two attached hydrogens (primary N) is 9. The van der Waals surface area contributed by atoms with Crippen molar-refractivity contribution in [2.24, 2.45) is 71.6 Å². The number of primary amides is 1. The highest BCUT2D eigenvalue weighted by Crippen LogP contribution is 2.33. The lowest BCUT2D eigenvalue weighted by molar-refractivity contribution is -0.136. The van der Waals surface area contributed by atoms with Gasteiger partial charge < -0.3 is 88.2 Å². The zero-order valence-corrected chi connectivity index (χ0v) is 39.5. The summed E-state index contributed by atoms with van der Waals surface area (Å²) in [5, 5.41) is 23.9. The summed E-state index contributed by atoms with van der Waals surface area (Å²) in [7, 11) is 0. The normalized spacial score (nSPS) is 13.1. The first-order valence-corrected chi connectivity index (χ1v) is 21.8. The van der Waals surface area contributed by atoms with Gasteiger partial charge in [-0.3, -0.25) is 28.8 Å². The number of nitrogens with one attached hydrogen (secondary N) is 5. The molecule has 1 aromatic heterocycles. The lowest BCUT2D eigenvalue weighted by Gasteiger charge is -2.31. The highest BCUT2D eigenvalue weighted by atomic mass is 35.5. The second kappa shape index (κ2) is 24.8. The Morgan fingerprint density at radius 3 is 1.45 bits per heavy atom. The van der Waals surface area contributed by atoms with E-state index in [2.05, 4.69) is 35.9 Å². The van der Waals surface area contributed by atoms with Crippen LogP contribution in [0.1, 0.15) is 17.2 Å². The number of hydrogen-bond donors (Lipinski definition) is 15. The maximum absolute atomic E-state index is 14.5. The fourth-order valence-corrected chi connectivity index (χ4v) is 7.04. The summed E-state index contributed by atoms with van der Waals surface area (Å²) in [6.07, 6.45) is -10.4. The first kappa shape index (κ1) is 54.4. The summed E-state index contributed by atoms with van der Waals surface area (Å²) >= 11 is 13.3. The molecule has 0 aliphatic carbocycles. The Morgan fingerprint density at radius 2 is 0.959 bits per heavy atom. The van der Waals surface area contributed by atoms with E-state index in [-0.39, 0.29) is 33.8 Å². The second-order valence-electron chi connectivity index (χ2n) is 15.1. The van der Waals surface area contributed by atoms with Crippen LogP contribution in [0.4, 0.5) is 5.82 Å². The van der Waals surface area contributed by atoms with Gasteiger partial charge in [-0.2, -0.15) is 0 Å². The second-order valence-corrected chi connectivity index (χ2v) is 15.9. The van der Waals surface area contributed by atoms with Crippen molar-refractivity contribution >= 4 is 99.2 Å². The maximum Gasteiger partial charge on any atom is 0.271 e. The summed E-state index contributed by atoms with van der Waals surface area (Å²) in [4.78, 5) is 107. The SMILES string of the molecule is NC(=O)C(N=C(N)N)NC(=O)C(N=C(N)N)NC(=O)C(N=C(N)N)NC(=O)C(N=C(N)N)NC(=O)C(NC(=O)C(O)N(Cc1c(Cl)cccc1Cl)c1nc(-c2ccccc2)nc2ccccc12)c1ccccc1. The van der Waals surface area contributed by atoms with Gasteiger partial charge in [0.1, 0.15) is 11.9 Å². The smallest absolute Gasteiger partial charge is 0.271 e. The van der Waals surface area contributed by atoms with Crippen LogP contribution in [0.2, 0.25) is 10.0 Å². The van der Waals surface area contributed by atoms with Gasteiger partial charge in [-0.05, 0) is 29.8 Å². The Labute approximate surface area is 423 Å². The topological polar surface area (TPSA) is 495 Å². The van der Waals surface area contributed by atoms with Gasteiger partial charge in [-0.1, -0.05) is 102 Å². The summed E-state index contributed by atoms with van der Waals surface area (Å²) in [5.74, 6) is -10.3. The average Bonchev–Trinajstić information content (AvgIpc) is 3.34. The van der Waals surface area contributed by atoms with Gasteiger partial charge >= 0.3 is 0 Å². The first-order valence-electron chi connectivity index (χ1n) is 21.0. The number of guanidine groups is 4. The molecule has 0 spiro atoms. The zero-order chi connectivity index (χ0) is 53.5. The van der Waals surface area contributed by atoms with E-state index in [9.17, 15) is 33.9 Å². The van der Waals surface area contributed by atoms with Gasteiger partial charge in [0.05, 0.1) is 12.1 Å². The quantitative estimate of drug-likeness (QED) is 0.0190. The van der Waals surface area contributed by atoms with Crippen molar-refractivity contribution in [3.05, 3.63) is 124 Å². The summed E-state index contributed by atoms with van der Waals surface area (Å²) in [6.45, 7) is -0.314. The van der Waals surface area contributed by atoms with E-state index in [1.54, 1.807) is 78.9 Å². The number of halogens is 2. The third-order valence-electron chi connectivity index (χ3n) is 9.73. The molecule has 0 aliphatic rings. The Balaban J connectivity index is 1.48. The summed E-state index contributed by atoms with van der Waals surface area (Å²) in [6, 6.07) is 26.3. The van der Waals surface area contributed by atoms with Crippen molar-refractivity contribution in [3.8, 4) is 11.4 Å². The van der Waals surface area contributed by atoms with E-state index in [1.165, 1.54) is 29.2 Å². The number of anilines is 1. The van der Waals surface area contributed by atoms with E-state index in [1.807, 2.05) is 10.6 Å². The molecule has 73 heavy (non-hydrogen) atoms. The van der Waals surface area contributed by atoms with Crippen LogP contribution >= 0.6 is 23.2 Å². The standard InChI is InChI=1S/C43H49Cl2N21O7/c44-23-15-9-16-24(45)22(23)18-66(33-21-14-7-8-17-25(21)55-28(57-33)20-12-5-2-6-13-20)39(73)38(72)56-26(19-10-3-1-4-11-19)34(68)59-30(63-41(49)50)36(70)61-32(65-43(53)54)37(71)60-31(64-42(51)52)35(69)58-29(27(46)67)62-40(47)48/h1-17,26,29-32,39,73H,18H2,(H2,46,67)(H,56,72)(H,58,69)(H,59,68)(H,60,71)(H,61,70)(H4,47,48,62)(H4,49,50,63)(H4,51,52,64)(H4,53,54,65). The molecule has 0 bridgehead atoms. The molecule has 382 valence electrons. The molecule has 1 heterocycles. The number of fused-ring (bicyclic) bond motifs is 1. The van der Waals surface area contributed by atoms with Gasteiger partial charge in [-0.25, -0.2) is 29.9 Å². The van der Waals surface area contributed by atoms with Crippen LogP contribution in [-0.4, -0.2) is 105 Å². The minimum atomic E-state index is -2.17. The molecule has 0 saturated heterocycles. The number of carbonyl (C=O) groups excluding carboxylic acids is 6. The van der Waals surface area contributed by atoms with Crippen LogP contribution < -0.4 is 83.1 Å². The Bertz CT molecular complexity index is 2950. The monoisotopic (exact) mass is 1040 g/mol. The van der Waals surface area contributed by atoms with Gasteiger partial charge in [-0.15, -0.1) is 0 Å². The van der Waals surface area contributed by atoms with Crippen molar-refractivity contribution in [1.82, 2.24) is 36.6 Å². The van der Waals surface area contributed by atoms with Gasteiger partial charge in [0, 0.05) is 26.6 Å². The van der Waals surface area contributed by atoms with E-state index >= 15 is 0 Å². The lowest BCUT2D eigenvalue weighted by Crippen LogP contribution is -2.58. The van der Waals surface area contributed by atoms with Crippen LogP contribution in [0.15, 0.2) is 123 Å².